The molecule has 6 heteroatoms. The molecule has 1 unspecified atom stereocenters. The van der Waals surface area contributed by atoms with Gasteiger partial charge in [0.2, 0.25) is 0 Å². The van der Waals surface area contributed by atoms with Crippen LogP contribution in [-0.2, 0) is 14.3 Å². The molecular weight excluding hydrogens is 358 g/mol. The molecule has 1 atom stereocenters. The second-order valence-electron chi connectivity index (χ2n) is 7.73. The fourth-order valence-electron chi connectivity index (χ4n) is 3.36. The Labute approximate surface area is 167 Å². The van der Waals surface area contributed by atoms with Crippen LogP contribution < -0.4 is 4.74 Å². The predicted octanol–water partition coefficient (Wildman–Crippen LogP) is 3.82. The van der Waals surface area contributed by atoms with Gasteiger partial charge in [-0.25, -0.2) is 0 Å². The summed E-state index contributed by atoms with van der Waals surface area (Å²) in [5.41, 5.74) is 0.922. The number of aliphatic hydroxyl groups excluding tert-OH is 1. The van der Waals surface area contributed by atoms with Gasteiger partial charge in [-0.1, -0.05) is 26.0 Å². The molecule has 0 spiro atoms. The first-order valence-electron chi connectivity index (χ1n) is 9.79. The Hall–Kier alpha value is -2.34. The zero-order chi connectivity index (χ0) is 20.8. The zero-order valence-electron chi connectivity index (χ0n) is 17.4. The third-order valence-corrected chi connectivity index (χ3v) is 4.60. The molecule has 2 rings (SSSR count). The van der Waals surface area contributed by atoms with Crippen molar-refractivity contribution in [3.63, 3.8) is 0 Å². The Morgan fingerprint density at radius 3 is 2.57 bits per heavy atom. The summed E-state index contributed by atoms with van der Waals surface area (Å²) >= 11 is 0. The maximum atomic E-state index is 12.9. The van der Waals surface area contributed by atoms with Crippen molar-refractivity contribution < 1.29 is 24.2 Å². The van der Waals surface area contributed by atoms with Gasteiger partial charge >= 0.3 is 0 Å². The van der Waals surface area contributed by atoms with E-state index in [0.29, 0.717) is 25.3 Å². The van der Waals surface area contributed by atoms with E-state index in [2.05, 4.69) is 0 Å². The number of hydrogen-bond donors (Lipinski definition) is 1. The standard InChI is InChI=1S/C22H31NO5/c1-14(2)12-18(24)19-20(16-8-6-9-17(13-16)27-5)23(22(26)21(19)25)10-7-11-28-15(3)4/h6,8-9,13-15,20,25H,7,10-12H2,1-5H3. The van der Waals surface area contributed by atoms with E-state index < -0.39 is 17.7 Å². The molecule has 1 aromatic carbocycles. The second kappa shape index (κ2) is 9.73. The van der Waals surface area contributed by atoms with Gasteiger partial charge in [0, 0.05) is 19.6 Å². The molecule has 1 heterocycles. The Morgan fingerprint density at radius 1 is 1.25 bits per heavy atom. The van der Waals surface area contributed by atoms with E-state index in [1.54, 1.807) is 24.1 Å². The number of rotatable bonds is 10. The van der Waals surface area contributed by atoms with Crippen molar-refractivity contribution in [2.24, 2.45) is 5.92 Å². The molecule has 28 heavy (non-hydrogen) atoms. The summed E-state index contributed by atoms with van der Waals surface area (Å²) in [5.74, 6) is -0.389. The highest BCUT2D eigenvalue weighted by atomic mass is 16.5. The molecule has 154 valence electrons. The zero-order valence-corrected chi connectivity index (χ0v) is 17.4. The van der Waals surface area contributed by atoms with Crippen LogP contribution in [0.1, 0.15) is 52.1 Å². The number of hydrogen-bond acceptors (Lipinski definition) is 5. The summed E-state index contributed by atoms with van der Waals surface area (Å²) in [6.07, 6.45) is 0.999. The van der Waals surface area contributed by atoms with Crippen LogP contribution in [0.25, 0.3) is 0 Å². The summed E-state index contributed by atoms with van der Waals surface area (Å²) in [7, 11) is 1.57. The van der Waals surface area contributed by atoms with Gasteiger partial charge in [0.1, 0.15) is 5.75 Å². The van der Waals surface area contributed by atoms with Crippen molar-refractivity contribution in [1.29, 1.82) is 0 Å². The van der Waals surface area contributed by atoms with E-state index in [1.807, 2.05) is 39.8 Å². The first-order chi connectivity index (χ1) is 13.3. The van der Waals surface area contributed by atoms with Crippen molar-refractivity contribution in [2.45, 2.75) is 52.7 Å². The molecule has 1 amide bonds. The van der Waals surface area contributed by atoms with Crippen LogP contribution in [0.15, 0.2) is 35.6 Å². The van der Waals surface area contributed by atoms with E-state index in [4.69, 9.17) is 9.47 Å². The van der Waals surface area contributed by atoms with E-state index >= 15 is 0 Å². The lowest BCUT2D eigenvalue weighted by atomic mass is 9.92. The lowest BCUT2D eigenvalue weighted by molar-refractivity contribution is -0.129. The van der Waals surface area contributed by atoms with Gasteiger partial charge in [-0.15, -0.1) is 0 Å². The highest BCUT2D eigenvalue weighted by molar-refractivity contribution is 6.09. The minimum atomic E-state index is -0.618. The Kier molecular flexibility index (Phi) is 7.63. The summed E-state index contributed by atoms with van der Waals surface area (Å²) in [6, 6.07) is 6.66. The average Bonchev–Trinajstić information content (AvgIpc) is 2.89. The predicted molar refractivity (Wildman–Crippen MR) is 107 cm³/mol. The number of ketones is 1. The van der Waals surface area contributed by atoms with Crippen LogP contribution in [0.5, 0.6) is 5.75 Å². The van der Waals surface area contributed by atoms with Gasteiger partial charge in [-0.05, 0) is 43.9 Å². The van der Waals surface area contributed by atoms with Crippen LogP contribution in [0.3, 0.4) is 0 Å². The SMILES string of the molecule is COc1cccc(C2C(C(=O)CC(C)C)=C(O)C(=O)N2CCCOC(C)C)c1. The summed E-state index contributed by atoms with van der Waals surface area (Å²) in [5, 5.41) is 10.5. The number of aliphatic hydroxyl groups is 1. The van der Waals surface area contributed by atoms with Crippen LogP contribution in [0, 0.1) is 5.92 Å². The molecule has 1 aliphatic rings. The second-order valence-corrected chi connectivity index (χ2v) is 7.73. The number of carbonyl (C=O) groups is 2. The van der Waals surface area contributed by atoms with Gasteiger partial charge in [-0.2, -0.15) is 0 Å². The molecule has 0 saturated heterocycles. The fourth-order valence-corrected chi connectivity index (χ4v) is 3.36. The van der Waals surface area contributed by atoms with Gasteiger partial charge in [0.05, 0.1) is 24.8 Å². The minimum Gasteiger partial charge on any atom is -0.503 e. The Balaban J connectivity index is 2.36. The van der Waals surface area contributed by atoms with Crippen LogP contribution in [0.2, 0.25) is 0 Å². The third-order valence-electron chi connectivity index (χ3n) is 4.60. The Morgan fingerprint density at radius 2 is 1.96 bits per heavy atom. The molecule has 6 nitrogen and oxygen atoms in total. The summed E-state index contributed by atoms with van der Waals surface area (Å²) in [6.45, 7) is 8.67. The quantitative estimate of drug-likeness (QED) is 0.616. The number of methoxy groups -OCH3 is 1. The minimum absolute atomic E-state index is 0.109. The summed E-state index contributed by atoms with van der Waals surface area (Å²) in [4.78, 5) is 27.2. The topological polar surface area (TPSA) is 76.1 Å². The number of Topliss-reactive ketones (excluding diaryl/α,β-unsaturated/α-hetero) is 1. The number of amides is 1. The van der Waals surface area contributed by atoms with Crippen molar-refractivity contribution in [3.05, 3.63) is 41.2 Å². The van der Waals surface area contributed by atoms with Gasteiger partial charge in [0.25, 0.3) is 5.91 Å². The first-order valence-corrected chi connectivity index (χ1v) is 9.79. The van der Waals surface area contributed by atoms with Crippen molar-refractivity contribution in [3.8, 4) is 5.75 Å². The largest absolute Gasteiger partial charge is 0.503 e. The lowest BCUT2D eigenvalue weighted by Gasteiger charge is -2.27. The highest BCUT2D eigenvalue weighted by Gasteiger charge is 2.43. The third kappa shape index (κ3) is 5.13. The van der Waals surface area contributed by atoms with Crippen molar-refractivity contribution in [1.82, 2.24) is 4.90 Å². The first kappa shape index (κ1) is 22.0. The average molecular weight is 389 g/mol. The van der Waals surface area contributed by atoms with Crippen molar-refractivity contribution >= 4 is 11.7 Å². The molecule has 0 aliphatic carbocycles. The molecule has 0 fully saturated rings. The molecular formula is C22H31NO5. The number of ether oxygens (including phenoxy) is 2. The molecule has 1 aromatic rings. The van der Waals surface area contributed by atoms with E-state index in [-0.39, 0.29) is 29.8 Å². The van der Waals surface area contributed by atoms with Gasteiger partial charge < -0.3 is 19.5 Å². The fraction of sp³-hybridized carbons (Fsp3) is 0.545. The maximum absolute atomic E-state index is 12.9. The van der Waals surface area contributed by atoms with Crippen LogP contribution in [-0.4, -0.2) is 48.1 Å². The Bertz CT molecular complexity index is 738. The van der Waals surface area contributed by atoms with Gasteiger partial charge in [0.15, 0.2) is 11.5 Å². The molecule has 0 radical (unpaired) electrons. The van der Waals surface area contributed by atoms with E-state index in [1.165, 1.54) is 0 Å². The smallest absolute Gasteiger partial charge is 0.290 e. The number of carbonyl (C=O) groups excluding carboxylic acids is 2. The number of nitrogens with zero attached hydrogens (tertiary/aromatic N) is 1. The van der Waals surface area contributed by atoms with Crippen molar-refractivity contribution in [2.75, 3.05) is 20.3 Å². The monoisotopic (exact) mass is 389 g/mol. The molecule has 0 aromatic heterocycles. The van der Waals surface area contributed by atoms with E-state index in [0.717, 1.165) is 5.56 Å². The van der Waals surface area contributed by atoms with Crippen LogP contribution in [0.4, 0.5) is 0 Å². The maximum Gasteiger partial charge on any atom is 0.290 e. The number of benzene rings is 1. The molecule has 0 saturated carbocycles. The van der Waals surface area contributed by atoms with E-state index in [9.17, 15) is 14.7 Å². The molecule has 1 N–H and O–H groups in total. The van der Waals surface area contributed by atoms with Crippen LogP contribution >= 0.6 is 0 Å². The normalized spacial score (nSPS) is 17.2. The summed E-state index contributed by atoms with van der Waals surface area (Å²) < 4.78 is 10.9. The highest BCUT2D eigenvalue weighted by Crippen LogP contribution is 2.39. The lowest BCUT2D eigenvalue weighted by Crippen LogP contribution is -2.33. The molecule has 0 bridgehead atoms. The van der Waals surface area contributed by atoms with Gasteiger partial charge in [-0.3, -0.25) is 9.59 Å². The molecule has 1 aliphatic heterocycles.